The lowest BCUT2D eigenvalue weighted by molar-refractivity contribution is 0.122. The van der Waals surface area contributed by atoms with Gasteiger partial charge in [0.05, 0.1) is 19.0 Å². The van der Waals surface area contributed by atoms with Crippen molar-refractivity contribution >= 4 is 44.7 Å². The molecule has 184 valence electrons. The summed E-state index contributed by atoms with van der Waals surface area (Å²) in [7, 11) is -3.11. The highest BCUT2D eigenvalue weighted by atomic mass is 35.5. The molecule has 2 N–H and O–H groups in total. The van der Waals surface area contributed by atoms with Gasteiger partial charge in [-0.3, -0.25) is 0 Å². The average molecular weight is 516 g/mol. The molecule has 3 aromatic rings. The summed E-state index contributed by atoms with van der Waals surface area (Å²) in [5.41, 5.74) is 3.40. The Morgan fingerprint density at radius 2 is 1.57 bits per heavy atom. The molecule has 2 heterocycles. The Balaban J connectivity index is 1.42. The molecule has 0 spiro atoms. The smallest absolute Gasteiger partial charge is 0.323 e. The minimum atomic E-state index is -3.11. The van der Waals surface area contributed by atoms with Crippen molar-refractivity contribution in [3.63, 3.8) is 0 Å². The fourth-order valence-electron chi connectivity index (χ4n) is 3.67. The van der Waals surface area contributed by atoms with E-state index in [-0.39, 0.29) is 5.75 Å². The van der Waals surface area contributed by atoms with Crippen LogP contribution in [-0.4, -0.2) is 57.0 Å². The maximum Gasteiger partial charge on any atom is 0.323 e. The number of amides is 2. The quantitative estimate of drug-likeness (QED) is 0.474. The summed E-state index contributed by atoms with van der Waals surface area (Å²) in [6.07, 6.45) is 1.18. The lowest BCUT2D eigenvalue weighted by atomic mass is 10.2. The van der Waals surface area contributed by atoms with E-state index in [1.165, 1.54) is 6.26 Å². The van der Waals surface area contributed by atoms with Gasteiger partial charge in [-0.25, -0.2) is 23.2 Å². The Morgan fingerprint density at radius 3 is 2.14 bits per heavy atom. The molecule has 4 rings (SSSR count). The highest BCUT2D eigenvalue weighted by Gasteiger charge is 2.19. The molecular weight excluding hydrogens is 490 g/mol. The normalized spacial score (nSPS) is 14.0. The maximum atomic E-state index is 12.4. The number of benzene rings is 2. The number of carbonyl (C=O) groups excluding carboxylic acids is 1. The van der Waals surface area contributed by atoms with Crippen LogP contribution in [0.15, 0.2) is 48.5 Å². The Labute approximate surface area is 209 Å². The van der Waals surface area contributed by atoms with E-state index in [1.54, 1.807) is 36.4 Å². The Morgan fingerprint density at radius 1 is 1.00 bits per heavy atom. The minimum Gasteiger partial charge on any atom is -0.378 e. The number of rotatable bonds is 6. The predicted molar refractivity (Wildman–Crippen MR) is 138 cm³/mol. The van der Waals surface area contributed by atoms with Crippen LogP contribution in [0, 0.1) is 6.92 Å². The molecule has 0 saturated carbocycles. The molecule has 35 heavy (non-hydrogen) atoms. The van der Waals surface area contributed by atoms with Crippen molar-refractivity contribution in [1.82, 2.24) is 9.97 Å². The van der Waals surface area contributed by atoms with Crippen molar-refractivity contribution in [3.8, 4) is 11.4 Å². The standard InChI is InChI=1S/C24H26ClN5O4S/c1-16-21(25)28-22(29-23(16)30-11-13-34-14-12-30)18-5-9-20(10-6-18)27-24(31)26-19-7-3-17(4-8-19)15-35(2,32)33/h3-10H,11-15H2,1-2H3,(H2,26,27,31). The van der Waals surface area contributed by atoms with Crippen molar-refractivity contribution in [2.45, 2.75) is 12.7 Å². The first kappa shape index (κ1) is 24.9. The average Bonchev–Trinajstić information content (AvgIpc) is 2.82. The molecule has 1 aliphatic heterocycles. The summed E-state index contributed by atoms with van der Waals surface area (Å²) < 4.78 is 28.2. The number of ether oxygens (including phenoxy) is 1. The van der Waals surface area contributed by atoms with Gasteiger partial charge in [0, 0.05) is 41.8 Å². The van der Waals surface area contributed by atoms with E-state index in [9.17, 15) is 13.2 Å². The number of sulfone groups is 1. The van der Waals surface area contributed by atoms with E-state index in [1.807, 2.05) is 19.1 Å². The zero-order valence-corrected chi connectivity index (χ0v) is 21.0. The monoisotopic (exact) mass is 515 g/mol. The van der Waals surface area contributed by atoms with Crippen LogP contribution in [0.5, 0.6) is 0 Å². The van der Waals surface area contributed by atoms with Crippen molar-refractivity contribution in [2.75, 3.05) is 48.1 Å². The second-order valence-electron chi connectivity index (χ2n) is 8.31. The second-order valence-corrected chi connectivity index (χ2v) is 10.8. The zero-order valence-electron chi connectivity index (χ0n) is 19.4. The highest BCUT2D eigenvalue weighted by molar-refractivity contribution is 7.89. The largest absolute Gasteiger partial charge is 0.378 e. The molecule has 0 radical (unpaired) electrons. The van der Waals surface area contributed by atoms with E-state index >= 15 is 0 Å². The summed E-state index contributed by atoms with van der Waals surface area (Å²) in [5.74, 6) is 1.26. The molecule has 2 aromatic carbocycles. The third-order valence-electron chi connectivity index (χ3n) is 5.41. The van der Waals surface area contributed by atoms with Gasteiger partial charge >= 0.3 is 6.03 Å². The summed E-state index contributed by atoms with van der Waals surface area (Å²) in [4.78, 5) is 23.7. The lowest BCUT2D eigenvalue weighted by Gasteiger charge is -2.29. The Hall–Kier alpha value is -3.21. The molecule has 1 aromatic heterocycles. The number of hydrogen-bond donors (Lipinski definition) is 2. The van der Waals surface area contributed by atoms with Gasteiger partial charge < -0.3 is 20.3 Å². The first-order valence-corrected chi connectivity index (χ1v) is 13.4. The lowest BCUT2D eigenvalue weighted by Crippen LogP contribution is -2.37. The van der Waals surface area contributed by atoms with Crippen LogP contribution in [0.3, 0.4) is 0 Å². The predicted octanol–water partition coefficient (Wildman–Crippen LogP) is 4.13. The number of anilines is 3. The highest BCUT2D eigenvalue weighted by Crippen LogP contribution is 2.28. The van der Waals surface area contributed by atoms with Crippen molar-refractivity contribution in [1.29, 1.82) is 0 Å². The molecule has 0 atom stereocenters. The minimum absolute atomic E-state index is 0.0460. The third-order valence-corrected chi connectivity index (χ3v) is 6.64. The fraction of sp³-hybridized carbons (Fsp3) is 0.292. The van der Waals surface area contributed by atoms with Crippen LogP contribution in [-0.2, 0) is 20.3 Å². The molecule has 1 fully saturated rings. The number of urea groups is 1. The molecule has 0 bridgehead atoms. The van der Waals surface area contributed by atoms with Gasteiger partial charge in [-0.1, -0.05) is 23.7 Å². The summed E-state index contributed by atoms with van der Waals surface area (Å²) in [6, 6.07) is 13.4. The van der Waals surface area contributed by atoms with Crippen LogP contribution in [0.2, 0.25) is 5.15 Å². The molecule has 0 aliphatic carbocycles. The first-order valence-electron chi connectivity index (χ1n) is 11.0. The van der Waals surface area contributed by atoms with E-state index in [4.69, 9.17) is 21.3 Å². The first-order chi connectivity index (χ1) is 16.7. The van der Waals surface area contributed by atoms with Crippen LogP contribution < -0.4 is 15.5 Å². The molecule has 1 aliphatic rings. The SMILES string of the molecule is Cc1c(Cl)nc(-c2ccc(NC(=O)Nc3ccc(CS(C)(=O)=O)cc3)cc2)nc1N1CCOCC1. The van der Waals surface area contributed by atoms with E-state index in [0.717, 1.165) is 30.0 Å². The number of nitrogens with one attached hydrogen (secondary N) is 2. The number of nitrogens with zero attached hydrogens (tertiary/aromatic N) is 3. The Bertz CT molecular complexity index is 1310. The third kappa shape index (κ3) is 6.68. The number of aromatic nitrogens is 2. The molecule has 9 nitrogen and oxygen atoms in total. The molecule has 0 unspecified atom stereocenters. The van der Waals surface area contributed by atoms with Crippen LogP contribution in [0.1, 0.15) is 11.1 Å². The van der Waals surface area contributed by atoms with Gasteiger partial charge in [-0.15, -0.1) is 0 Å². The van der Waals surface area contributed by atoms with Crippen molar-refractivity contribution < 1.29 is 17.9 Å². The van der Waals surface area contributed by atoms with Gasteiger partial charge in [-0.2, -0.15) is 0 Å². The van der Waals surface area contributed by atoms with E-state index in [2.05, 4.69) is 20.5 Å². The van der Waals surface area contributed by atoms with Crippen molar-refractivity contribution in [2.24, 2.45) is 0 Å². The van der Waals surface area contributed by atoms with Crippen LogP contribution in [0.4, 0.5) is 22.0 Å². The fourth-order valence-corrected chi connectivity index (χ4v) is 4.64. The van der Waals surface area contributed by atoms with Gasteiger partial charge in [0.1, 0.15) is 11.0 Å². The molecule has 1 saturated heterocycles. The molecule has 11 heteroatoms. The van der Waals surface area contributed by atoms with Crippen LogP contribution in [0.25, 0.3) is 11.4 Å². The van der Waals surface area contributed by atoms with E-state index < -0.39 is 15.9 Å². The number of carbonyl (C=O) groups is 1. The summed E-state index contributed by atoms with van der Waals surface area (Å²) in [5, 5.41) is 5.90. The number of hydrogen-bond acceptors (Lipinski definition) is 7. The molecule has 2 amide bonds. The topological polar surface area (TPSA) is 114 Å². The van der Waals surface area contributed by atoms with Crippen molar-refractivity contribution in [3.05, 3.63) is 64.8 Å². The van der Waals surface area contributed by atoms with E-state index in [0.29, 0.717) is 41.1 Å². The Kier molecular flexibility index (Phi) is 7.54. The number of morpholine rings is 1. The van der Waals surface area contributed by atoms with Gasteiger partial charge in [-0.05, 0) is 48.9 Å². The second kappa shape index (κ2) is 10.6. The van der Waals surface area contributed by atoms with Crippen LogP contribution >= 0.6 is 11.6 Å². The zero-order chi connectivity index (χ0) is 25.0. The number of halogens is 1. The van der Waals surface area contributed by atoms with Gasteiger partial charge in [0.2, 0.25) is 0 Å². The maximum absolute atomic E-state index is 12.4. The summed E-state index contributed by atoms with van der Waals surface area (Å²) >= 11 is 6.40. The van der Waals surface area contributed by atoms with Gasteiger partial charge in [0.25, 0.3) is 0 Å². The summed E-state index contributed by atoms with van der Waals surface area (Å²) in [6.45, 7) is 4.67. The van der Waals surface area contributed by atoms with Gasteiger partial charge in [0.15, 0.2) is 15.7 Å². The molecular formula is C24H26ClN5O4S.